The van der Waals surface area contributed by atoms with E-state index in [2.05, 4.69) is 40.6 Å². The molecule has 2 aromatic rings. The highest BCUT2D eigenvalue weighted by molar-refractivity contribution is 5.41. The van der Waals surface area contributed by atoms with Crippen LogP contribution in [0.25, 0.3) is 0 Å². The molecular formula is C17H19FN2. The van der Waals surface area contributed by atoms with E-state index in [4.69, 9.17) is 0 Å². The summed E-state index contributed by atoms with van der Waals surface area (Å²) in [4.78, 5) is 3.68. The minimum atomic E-state index is -0.427. The van der Waals surface area contributed by atoms with Crippen molar-refractivity contribution in [3.05, 3.63) is 60.2 Å². The van der Waals surface area contributed by atoms with Crippen LogP contribution in [0.5, 0.6) is 0 Å². The summed E-state index contributed by atoms with van der Waals surface area (Å²) in [5.41, 5.74) is 2.36. The molecule has 20 heavy (non-hydrogen) atoms. The number of hydrogen-bond acceptors (Lipinski definition) is 2. The van der Waals surface area contributed by atoms with Gasteiger partial charge in [0.25, 0.3) is 0 Å². The molecule has 104 valence electrons. The first kappa shape index (κ1) is 13.1. The molecule has 1 aromatic heterocycles. The molecule has 1 N–H and O–H groups in total. The van der Waals surface area contributed by atoms with Crippen LogP contribution < -0.4 is 5.32 Å². The monoisotopic (exact) mass is 270 g/mol. The van der Waals surface area contributed by atoms with Crippen LogP contribution in [0.15, 0.2) is 48.7 Å². The Balaban J connectivity index is 1.55. The molecule has 0 unspecified atom stereocenters. The predicted molar refractivity (Wildman–Crippen MR) is 79.3 cm³/mol. The van der Waals surface area contributed by atoms with Crippen LogP contribution in [0.1, 0.15) is 37.2 Å². The summed E-state index contributed by atoms with van der Waals surface area (Å²) in [6.45, 7) is 0. The van der Waals surface area contributed by atoms with Gasteiger partial charge in [-0.1, -0.05) is 30.3 Å². The summed E-state index contributed by atoms with van der Waals surface area (Å²) in [6, 6.07) is 14.4. The SMILES string of the molecule is Fc1ccc(NC2CCC(c3ccccc3)CC2)cn1. The van der Waals surface area contributed by atoms with Gasteiger partial charge in [-0.05, 0) is 49.3 Å². The van der Waals surface area contributed by atoms with E-state index in [1.165, 1.54) is 24.5 Å². The first-order valence-electron chi connectivity index (χ1n) is 7.24. The maximum absolute atomic E-state index is 12.8. The fourth-order valence-corrected chi connectivity index (χ4v) is 2.99. The van der Waals surface area contributed by atoms with Crippen molar-refractivity contribution in [2.45, 2.75) is 37.6 Å². The topological polar surface area (TPSA) is 24.9 Å². The first-order chi connectivity index (χ1) is 9.81. The van der Waals surface area contributed by atoms with Crippen LogP contribution >= 0.6 is 0 Å². The second-order valence-electron chi connectivity index (χ2n) is 5.47. The van der Waals surface area contributed by atoms with E-state index in [-0.39, 0.29) is 0 Å². The van der Waals surface area contributed by atoms with Gasteiger partial charge in [-0.15, -0.1) is 0 Å². The molecular weight excluding hydrogens is 251 g/mol. The van der Waals surface area contributed by atoms with Gasteiger partial charge in [0.15, 0.2) is 0 Å². The van der Waals surface area contributed by atoms with E-state index < -0.39 is 5.95 Å². The van der Waals surface area contributed by atoms with Gasteiger partial charge in [0.05, 0.1) is 11.9 Å². The van der Waals surface area contributed by atoms with Gasteiger partial charge in [0.2, 0.25) is 5.95 Å². The van der Waals surface area contributed by atoms with Crippen molar-refractivity contribution < 1.29 is 4.39 Å². The molecule has 1 heterocycles. The highest BCUT2D eigenvalue weighted by atomic mass is 19.1. The van der Waals surface area contributed by atoms with Gasteiger partial charge in [0.1, 0.15) is 0 Å². The van der Waals surface area contributed by atoms with Crippen molar-refractivity contribution >= 4 is 5.69 Å². The highest BCUT2D eigenvalue weighted by Crippen LogP contribution is 2.33. The number of halogens is 1. The Hall–Kier alpha value is -1.90. The van der Waals surface area contributed by atoms with Gasteiger partial charge in [-0.25, -0.2) is 4.98 Å². The fraction of sp³-hybridized carbons (Fsp3) is 0.353. The molecule has 0 atom stereocenters. The second-order valence-corrected chi connectivity index (χ2v) is 5.47. The van der Waals surface area contributed by atoms with Crippen molar-refractivity contribution in [2.24, 2.45) is 0 Å². The lowest BCUT2D eigenvalue weighted by Crippen LogP contribution is -2.25. The maximum atomic E-state index is 12.8. The Morgan fingerprint density at radius 3 is 2.35 bits per heavy atom. The molecule has 0 aliphatic heterocycles. The first-order valence-corrected chi connectivity index (χ1v) is 7.24. The van der Waals surface area contributed by atoms with E-state index in [1.54, 1.807) is 12.3 Å². The molecule has 3 rings (SSSR count). The number of rotatable bonds is 3. The van der Waals surface area contributed by atoms with Gasteiger partial charge >= 0.3 is 0 Å². The number of pyridine rings is 1. The zero-order chi connectivity index (χ0) is 13.8. The maximum Gasteiger partial charge on any atom is 0.212 e. The van der Waals surface area contributed by atoms with Crippen molar-refractivity contribution in [3.63, 3.8) is 0 Å². The minimum absolute atomic E-state index is 0.427. The van der Waals surface area contributed by atoms with Crippen LogP contribution in [-0.2, 0) is 0 Å². The second kappa shape index (κ2) is 6.04. The zero-order valence-corrected chi connectivity index (χ0v) is 11.4. The molecule has 1 aliphatic rings. The number of nitrogens with zero attached hydrogens (tertiary/aromatic N) is 1. The largest absolute Gasteiger partial charge is 0.381 e. The lowest BCUT2D eigenvalue weighted by Gasteiger charge is -2.30. The van der Waals surface area contributed by atoms with Crippen LogP contribution in [0.2, 0.25) is 0 Å². The Morgan fingerprint density at radius 1 is 0.950 bits per heavy atom. The molecule has 2 nitrogen and oxygen atoms in total. The van der Waals surface area contributed by atoms with E-state index in [0.717, 1.165) is 18.5 Å². The molecule has 3 heteroatoms. The summed E-state index contributed by atoms with van der Waals surface area (Å²) in [7, 11) is 0. The summed E-state index contributed by atoms with van der Waals surface area (Å²) in [6.07, 6.45) is 6.28. The van der Waals surface area contributed by atoms with Gasteiger partial charge in [0, 0.05) is 6.04 Å². The number of anilines is 1. The van der Waals surface area contributed by atoms with E-state index >= 15 is 0 Å². The van der Waals surface area contributed by atoms with Crippen molar-refractivity contribution in [1.82, 2.24) is 4.98 Å². The van der Waals surface area contributed by atoms with Crippen molar-refractivity contribution in [3.8, 4) is 0 Å². The third-order valence-electron chi connectivity index (χ3n) is 4.10. The zero-order valence-electron chi connectivity index (χ0n) is 11.4. The summed E-state index contributed by atoms with van der Waals surface area (Å²) in [5.74, 6) is 0.254. The van der Waals surface area contributed by atoms with Crippen molar-refractivity contribution in [1.29, 1.82) is 0 Å². The molecule has 1 saturated carbocycles. The third kappa shape index (κ3) is 3.16. The van der Waals surface area contributed by atoms with Gasteiger partial charge in [-0.3, -0.25) is 0 Å². The Morgan fingerprint density at radius 2 is 1.70 bits per heavy atom. The number of benzene rings is 1. The number of nitrogens with one attached hydrogen (secondary N) is 1. The van der Waals surface area contributed by atoms with Crippen LogP contribution in [0.4, 0.5) is 10.1 Å². The average molecular weight is 270 g/mol. The Labute approximate surface area is 119 Å². The predicted octanol–water partition coefficient (Wildman–Crippen LogP) is 4.36. The molecule has 0 amide bonds. The lowest BCUT2D eigenvalue weighted by atomic mass is 9.82. The lowest BCUT2D eigenvalue weighted by molar-refractivity contribution is 0.412. The molecule has 0 bridgehead atoms. The average Bonchev–Trinajstić information content (AvgIpc) is 2.51. The van der Waals surface area contributed by atoms with Crippen LogP contribution in [0.3, 0.4) is 0 Å². The smallest absolute Gasteiger partial charge is 0.212 e. The van der Waals surface area contributed by atoms with Crippen molar-refractivity contribution in [2.75, 3.05) is 5.32 Å². The van der Waals surface area contributed by atoms with Gasteiger partial charge in [-0.2, -0.15) is 4.39 Å². The molecule has 1 fully saturated rings. The van der Waals surface area contributed by atoms with E-state index in [0.29, 0.717) is 12.0 Å². The van der Waals surface area contributed by atoms with Gasteiger partial charge < -0.3 is 5.32 Å². The molecule has 1 aromatic carbocycles. The Kier molecular flexibility index (Phi) is 3.95. The number of aromatic nitrogens is 1. The number of hydrogen-bond donors (Lipinski definition) is 1. The summed E-state index contributed by atoms with van der Waals surface area (Å²) >= 11 is 0. The molecule has 0 spiro atoms. The minimum Gasteiger partial charge on any atom is -0.381 e. The molecule has 0 radical (unpaired) electrons. The van der Waals surface area contributed by atoms with Crippen LogP contribution in [-0.4, -0.2) is 11.0 Å². The quantitative estimate of drug-likeness (QED) is 0.838. The summed E-state index contributed by atoms with van der Waals surface area (Å²) < 4.78 is 12.8. The fourth-order valence-electron chi connectivity index (χ4n) is 2.99. The Bertz CT molecular complexity index is 531. The standard InChI is InChI=1S/C17H19FN2/c18-17-11-10-16(12-19-17)20-15-8-6-14(7-9-15)13-4-2-1-3-5-13/h1-5,10-12,14-15,20H,6-9H2. The van der Waals surface area contributed by atoms with E-state index in [1.807, 2.05) is 0 Å². The highest BCUT2D eigenvalue weighted by Gasteiger charge is 2.22. The summed E-state index contributed by atoms with van der Waals surface area (Å²) in [5, 5.41) is 3.45. The molecule has 1 aliphatic carbocycles. The normalized spacial score (nSPS) is 22.4. The van der Waals surface area contributed by atoms with Crippen LogP contribution in [0, 0.1) is 5.95 Å². The molecule has 0 saturated heterocycles. The van der Waals surface area contributed by atoms with E-state index in [9.17, 15) is 4.39 Å². The third-order valence-corrected chi connectivity index (χ3v) is 4.10.